The zero-order valence-electron chi connectivity index (χ0n) is 22.7. The molecule has 0 aromatic rings. The molecule has 7 atom stereocenters. The maximum absolute atomic E-state index is 14.0. The molecule has 0 aromatic heterocycles. The van der Waals surface area contributed by atoms with Gasteiger partial charge in [0, 0.05) is 40.2 Å². The number of ketones is 2. The normalized spacial score (nSPS) is 41.8. The lowest BCUT2D eigenvalue weighted by Gasteiger charge is -2.60. The van der Waals surface area contributed by atoms with Crippen molar-refractivity contribution in [2.45, 2.75) is 106 Å². The van der Waals surface area contributed by atoms with Gasteiger partial charge in [-0.1, -0.05) is 53.2 Å². The van der Waals surface area contributed by atoms with Crippen LogP contribution in [0.4, 0.5) is 0 Å². The predicted octanol–water partition coefficient (Wildman–Crippen LogP) is 5.90. The van der Waals surface area contributed by atoms with Crippen LogP contribution in [0.25, 0.3) is 0 Å². The zero-order chi connectivity index (χ0) is 26.1. The molecule has 35 heavy (non-hydrogen) atoms. The second-order valence-electron chi connectivity index (χ2n) is 13.3. The van der Waals surface area contributed by atoms with Crippen LogP contribution in [-0.2, 0) is 14.4 Å². The van der Waals surface area contributed by atoms with Crippen molar-refractivity contribution in [2.24, 2.45) is 39.4 Å². The fourth-order valence-corrected chi connectivity index (χ4v) is 9.10. The van der Waals surface area contributed by atoms with Crippen molar-refractivity contribution in [3.63, 3.8) is 0 Å². The van der Waals surface area contributed by atoms with Crippen molar-refractivity contribution in [2.75, 3.05) is 0 Å². The summed E-state index contributed by atoms with van der Waals surface area (Å²) in [5.74, 6) is 0.263. The lowest BCUT2D eigenvalue weighted by molar-refractivity contribution is -0.143. The Hall–Kier alpha value is -1.75. The Morgan fingerprint density at radius 2 is 1.80 bits per heavy atom. The van der Waals surface area contributed by atoms with Gasteiger partial charge in [-0.25, -0.2) is 4.79 Å². The van der Waals surface area contributed by atoms with E-state index < -0.39 is 22.9 Å². The molecule has 194 valence electrons. The smallest absolute Gasteiger partial charge is 0.330 e. The van der Waals surface area contributed by atoms with E-state index in [1.54, 1.807) is 13.0 Å². The summed E-state index contributed by atoms with van der Waals surface area (Å²) >= 11 is 0. The van der Waals surface area contributed by atoms with Crippen LogP contribution in [0, 0.1) is 39.4 Å². The first-order valence-electron chi connectivity index (χ1n) is 13.5. The number of carbonyl (C=O) groups is 3. The molecule has 0 bridgehead atoms. The lowest BCUT2D eigenvalue weighted by atomic mass is 9.43. The minimum Gasteiger partial charge on any atom is -0.478 e. The van der Waals surface area contributed by atoms with Crippen LogP contribution in [0.1, 0.15) is 99.8 Å². The van der Waals surface area contributed by atoms with Crippen molar-refractivity contribution in [3.05, 3.63) is 22.8 Å². The summed E-state index contributed by atoms with van der Waals surface area (Å²) in [7, 11) is 0. The molecular formula is C30H44O5. The van der Waals surface area contributed by atoms with E-state index in [0.717, 1.165) is 31.3 Å². The monoisotopic (exact) mass is 484 g/mol. The topological polar surface area (TPSA) is 91.7 Å². The third-order valence-electron chi connectivity index (χ3n) is 11.5. The Morgan fingerprint density at radius 1 is 1.14 bits per heavy atom. The summed E-state index contributed by atoms with van der Waals surface area (Å²) in [5, 5.41) is 20.8. The van der Waals surface area contributed by atoms with E-state index >= 15 is 0 Å². The minimum absolute atomic E-state index is 0.157. The molecule has 2 N–H and O–H groups in total. The highest BCUT2D eigenvalue weighted by atomic mass is 16.4. The Balaban J connectivity index is 1.71. The molecule has 2 saturated carbocycles. The molecule has 2 fully saturated rings. The number of carbonyl (C=O) groups excluding carboxylic acids is 2. The van der Waals surface area contributed by atoms with Crippen LogP contribution in [0.2, 0.25) is 0 Å². The number of aliphatic hydroxyl groups is 1. The maximum Gasteiger partial charge on any atom is 0.330 e. The number of aliphatic hydroxyl groups excluding tert-OH is 1. The third kappa shape index (κ3) is 3.54. The van der Waals surface area contributed by atoms with Crippen LogP contribution in [0.15, 0.2) is 22.8 Å². The van der Waals surface area contributed by atoms with Gasteiger partial charge in [-0.15, -0.1) is 0 Å². The molecule has 5 nitrogen and oxygen atoms in total. The minimum atomic E-state index is -0.887. The highest BCUT2D eigenvalue weighted by Gasteiger charge is 2.68. The van der Waals surface area contributed by atoms with Crippen LogP contribution in [0.3, 0.4) is 0 Å². The molecule has 0 unspecified atom stereocenters. The molecule has 0 saturated heterocycles. The van der Waals surface area contributed by atoms with Crippen molar-refractivity contribution < 1.29 is 24.6 Å². The summed E-state index contributed by atoms with van der Waals surface area (Å²) < 4.78 is 0. The van der Waals surface area contributed by atoms with E-state index in [1.165, 1.54) is 5.57 Å². The third-order valence-corrected chi connectivity index (χ3v) is 11.5. The van der Waals surface area contributed by atoms with Gasteiger partial charge in [0.15, 0.2) is 5.78 Å². The number of hydrogen-bond donors (Lipinski definition) is 2. The number of aliphatic carboxylic acids is 1. The Kier molecular flexibility index (Phi) is 6.31. The van der Waals surface area contributed by atoms with Gasteiger partial charge in [0.05, 0.1) is 6.10 Å². The van der Waals surface area contributed by atoms with Gasteiger partial charge in [0.25, 0.3) is 0 Å². The van der Waals surface area contributed by atoms with Crippen molar-refractivity contribution >= 4 is 17.5 Å². The average molecular weight is 485 g/mol. The average Bonchev–Trinajstić information content (AvgIpc) is 2.97. The van der Waals surface area contributed by atoms with Gasteiger partial charge in [-0.2, -0.15) is 0 Å². The largest absolute Gasteiger partial charge is 0.478 e. The van der Waals surface area contributed by atoms with Gasteiger partial charge in [-0.05, 0) is 68.6 Å². The van der Waals surface area contributed by atoms with Gasteiger partial charge < -0.3 is 10.2 Å². The Labute approximate surface area is 210 Å². The second-order valence-corrected chi connectivity index (χ2v) is 13.3. The summed E-state index contributed by atoms with van der Waals surface area (Å²) in [6.45, 7) is 14.6. The highest BCUT2D eigenvalue weighted by Crippen LogP contribution is 2.71. The molecule has 4 rings (SSSR count). The second kappa shape index (κ2) is 8.39. The van der Waals surface area contributed by atoms with Gasteiger partial charge in [0.1, 0.15) is 5.78 Å². The molecule has 0 radical (unpaired) electrons. The van der Waals surface area contributed by atoms with E-state index in [-0.39, 0.29) is 34.4 Å². The zero-order valence-corrected chi connectivity index (χ0v) is 22.7. The number of fused-ring (bicyclic) bond motifs is 4. The summed E-state index contributed by atoms with van der Waals surface area (Å²) in [6.07, 6.45) is 6.82. The SMILES string of the molecule is CC(=CCC[C@@H](C)[C@H]1C[C@H](O)[C@@]2(C)C3=C(C(=O)C[C@]12C)[C@@]1(C)CCC(=O)C(C)(C)[C@@H]1CC3)C(=O)O. The molecule has 4 aliphatic rings. The molecule has 0 spiro atoms. The number of rotatable bonds is 5. The Morgan fingerprint density at radius 3 is 2.43 bits per heavy atom. The van der Waals surface area contributed by atoms with Crippen LogP contribution in [0.5, 0.6) is 0 Å². The lowest BCUT2D eigenvalue weighted by Crippen LogP contribution is -2.57. The van der Waals surface area contributed by atoms with E-state index in [1.807, 2.05) is 0 Å². The first-order chi connectivity index (χ1) is 16.1. The van der Waals surface area contributed by atoms with Gasteiger partial charge in [-0.3, -0.25) is 9.59 Å². The summed E-state index contributed by atoms with van der Waals surface area (Å²) in [4.78, 5) is 38.0. The maximum atomic E-state index is 14.0. The number of Topliss-reactive ketones (excluding diaryl/α,β-unsaturated/α-hetero) is 2. The van der Waals surface area contributed by atoms with Crippen LogP contribution in [-0.4, -0.2) is 33.9 Å². The number of allylic oxidation sites excluding steroid dienone is 2. The molecule has 0 aliphatic heterocycles. The standard InChI is InChI=1S/C30H44O5/c1-17(9-8-10-18(2)26(34)35)20-15-24(33)30(7)19-11-12-22-27(3,4)23(32)13-14-28(22,5)25(19)21(31)16-29(20,30)6/h10,17,20,22,24,33H,8-9,11-16H2,1-7H3,(H,34,35)/t17-,20-,22+,24+,28+,29-,30-/m1/s1. The summed E-state index contributed by atoms with van der Waals surface area (Å²) in [5.41, 5.74) is 0.944. The van der Waals surface area contributed by atoms with Gasteiger partial charge in [0.2, 0.25) is 0 Å². The molecule has 0 amide bonds. The molecule has 0 aromatic carbocycles. The number of carboxylic acid groups (broad SMARTS) is 1. The van der Waals surface area contributed by atoms with Crippen LogP contribution >= 0.6 is 0 Å². The van der Waals surface area contributed by atoms with Crippen molar-refractivity contribution in [1.29, 1.82) is 0 Å². The van der Waals surface area contributed by atoms with Crippen LogP contribution < -0.4 is 0 Å². The first kappa shape index (κ1) is 26.3. The molecule has 5 heteroatoms. The van der Waals surface area contributed by atoms with Crippen molar-refractivity contribution in [1.82, 2.24) is 0 Å². The summed E-state index contributed by atoms with van der Waals surface area (Å²) in [6, 6.07) is 0. The fourth-order valence-electron chi connectivity index (χ4n) is 9.10. The van der Waals surface area contributed by atoms with E-state index in [0.29, 0.717) is 37.0 Å². The van der Waals surface area contributed by atoms with Crippen molar-refractivity contribution in [3.8, 4) is 0 Å². The van der Waals surface area contributed by atoms with E-state index in [4.69, 9.17) is 5.11 Å². The quantitative estimate of drug-likeness (QED) is 0.474. The predicted molar refractivity (Wildman–Crippen MR) is 136 cm³/mol. The highest BCUT2D eigenvalue weighted by molar-refractivity contribution is 6.00. The molecule has 0 heterocycles. The van der Waals surface area contributed by atoms with E-state index in [2.05, 4.69) is 41.5 Å². The first-order valence-corrected chi connectivity index (χ1v) is 13.5. The van der Waals surface area contributed by atoms with E-state index in [9.17, 15) is 19.5 Å². The molecule has 4 aliphatic carbocycles. The Bertz CT molecular complexity index is 1020. The number of carboxylic acids is 1. The fraction of sp³-hybridized carbons (Fsp3) is 0.767. The number of hydrogen-bond acceptors (Lipinski definition) is 4. The molecular weight excluding hydrogens is 440 g/mol. The van der Waals surface area contributed by atoms with Gasteiger partial charge >= 0.3 is 5.97 Å².